The fraction of sp³-hybridized carbons (Fsp3) is 0.158. The number of benzene rings is 1. The quantitative estimate of drug-likeness (QED) is 0.497. The zero-order chi connectivity index (χ0) is 18.5. The number of carbonyl (C=O) groups is 2. The summed E-state index contributed by atoms with van der Waals surface area (Å²) in [7, 11) is 1.28. The Morgan fingerprint density at radius 3 is 2.62 bits per heavy atom. The fourth-order valence-corrected chi connectivity index (χ4v) is 2.67. The molecule has 0 atom stereocenters. The van der Waals surface area contributed by atoms with Gasteiger partial charge in [0, 0.05) is 12.7 Å². The summed E-state index contributed by atoms with van der Waals surface area (Å²) in [6.45, 7) is 0.161. The predicted octanol–water partition coefficient (Wildman–Crippen LogP) is 1.69. The van der Waals surface area contributed by atoms with Crippen LogP contribution in [0.5, 0.6) is 0 Å². The fourth-order valence-electron chi connectivity index (χ4n) is 2.67. The Kier molecular flexibility index (Phi) is 5.07. The molecule has 0 saturated heterocycles. The molecule has 26 heavy (non-hydrogen) atoms. The van der Waals surface area contributed by atoms with Crippen LogP contribution in [0.1, 0.15) is 15.9 Å². The van der Waals surface area contributed by atoms with Crippen molar-refractivity contribution >= 4 is 23.7 Å². The highest BCUT2D eigenvalue weighted by molar-refractivity contribution is 5.85. The van der Waals surface area contributed by atoms with Gasteiger partial charge in [-0.05, 0) is 17.7 Å². The summed E-state index contributed by atoms with van der Waals surface area (Å²) in [6, 6.07) is 14.5. The van der Waals surface area contributed by atoms with Crippen LogP contribution in [-0.2, 0) is 16.1 Å². The molecule has 2 heterocycles. The summed E-state index contributed by atoms with van der Waals surface area (Å²) in [5.74, 6) is -0.335. The van der Waals surface area contributed by atoms with Crippen molar-refractivity contribution in [2.75, 3.05) is 18.6 Å². The number of hydrogen-bond acceptors (Lipinski definition) is 6. The molecular formula is C19H17N3O4. The Balaban J connectivity index is 2.14. The second-order valence-corrected chi connectivity index (χ2v) is 5.62. The van der Waals surface area contributed by atoms with Crippen molar-refractivity contribution in [2.24, 2.45) is 0 Å². The first-order valence-corrected chi connectivity index (χ1v) is 7.96. The first-order valence-electron chi connectivity index (χ1n) is 7.96. The number of aromatic nitrogens is 2. The molecule has 0 fully saturated rings. The molecule has 1 aromatic carbocycles. The molecule has 0 aliphatic heterocycles. The Bertz CT molecular complexity index is 999. The van der Waals surface area contributed by atoms with Crippen LogP contribution in [0.3, 0.4) is 0 Å². The normalized spacial score (nSPS) is 10.5. The van der Waals surface area contributed by atoms with E-state index < -0.39 is 11.5 Å². The van der Waals surface area contributed by atoms with E-state index in [1.54, 1.807) is 29.3 Å². The molecule has 0 radical (unpaired) electrons. The monoisotopic (exact) mass is 351 g/mol. The van der Waals surface area contributed by atoms with Crippen LogP contribution in [0.4, 0.5) is 5.82 Å². The van der Waals surface area contributed by atoms with Gasteiger partial charge in [0.15, 0.2) is 6.29 Å². The third-order valence-electron chi connectivity index (χ3n) is 3.93. The average molecular weight is 351 g/mol. The standard InChI is InChI=1S/C19H17N3O4/c1-26-17(24)12-21(11-14-7-3-2-4-8-14)18-15(13-23)19(25)22-10-6-5-9-16(22)20-18/h2-10,13H,11-12H2,1H3. The lowest BCUT2D eigenvalue weighted by Crippen LogP contribution is -2.34. The Hall–Kier alpha value is -3.48. The van der Waals surface area contributed by atoms with E-state index >= 15 is 0 Å². The van der Waals surface area contributed by atoms with E-state index in [2.05, 4.69) is 4.98 Å². The van der Waals surface area contributed by atoms with Gasteiger partial charge in [0.2, 0.25) is 0 Å². The number of fused-ring (bicyclic) bond motifs is 1. The maximum atomic E-state index is 12.6. The van der Waals surface area contributed by atoms with E-state index in [0.717, 1.165) is 5.56 Å². The summed E-state index contributed by atoms with van der Waals surface area (Å²) in [5, 5.41) is 0. The molecule has 0 N–H and O–H groups in total. The number of aldehydes is 1. The van der Waals surface area contributed by atoms with E-state index in [1.807, 2.05) is 30.3 Å². The van der Waals surface area contributed by atoms with Crippen molar-refractivity contribution < 1.29 is 14.3 Å². The highest BCUT2D eigenvalue weighted by Crippen LogP contribution is 2.18. The molecule has 0 saturated carbocycles. The lowest BCUT2D eigenvalue weighted by molar-refractivity contribution is -0.139. The highest BCUT2D eigenvalue weighted by atomic mass is 16.5. The Morgan fingerprint density at radius 2 is 1.92 bits per heavy atom. The number of methoxy groups -OCH3 is 1. The molecule has 132 valence electrons. The van der Waals surface area contributed by atoms with E-state index in [4.69, 9.17) is 4.74 Å². The van der Waals surface area contributed by atoms with E-state index in [9.17, 15) is 14.4 Å². The maximum Gasteiger partial charge on any atom is 0.325 e. The molecular weight excluding hydrogens is 334 g/mol. The average Bonchev–Trinajstić information content (AvgIpc) is 2.68. The van der Waals surface area contributed by atoms with Gasteiger partial charge in [0.05, 0.1) is 7.11 Å². The van der Waals surface area contributed by atoms with Gasteiger partial charge in [-0.3, -0.25) is 18.8 Å². The van der Waals surface area contributed by atoms with Crippen LogP contribution in [0.2, 0.25) is 0 Å². The van der Waals surface area contributed by atoms with Crippen molar-refractivity contribution in [1.82, 2.24) is 9.38 Å². The SMILES string of the molecule is COC(=O)CN(Cc1ccccc1)c1nc2ccccn2c(=O)c1C=O. The van der Waals surface area contributed by atoms with E-state index in [0.29, 0.717) is 18.5 Å². The third kappa shape index (κ3) is 3.46. The molecule has 7 heteroatoms. The molecule has 0 spiro atoms. The van der Waals surface area contributed by atoms with E-state index in [-0.39, 0.29) is 17.9 Å². The predicted molar refractivity (Wildman–Crippen MR) is 96.4 cm³/mol. The minimum absolute atomic E-state index is 0.103. The van der Waals surface area contributed by atoms with Crippen LogP contribution >= 0.6 is 0 Å². The van der Waals surface area contributed by atoms with Crippen LogP contribution in [-0.4, -0.2) is 35.3 Å². The van der Waals surface area contributed by atoms with Gasteiger partial charge in [0.1, 0.15) is 23.6 Å². The van der Waals surface area contributed by atoms with Crippen molar-refractivity contribution in [1.29, 1.82) is 0 Å². The first kappa shape index (κ1) is 17.3. The molecule has 2 aromatic heterocycles. The maximum absolute atomic E-state index is 12.6. The molecule has 0 unspecified atom stereocenters. The van der Waals surface area contributed by atoms with Crippen LogP contribution in [0, 0.1) is 0 Å². The second kappa shape index (κ2) is 7.60. The minimum atomic E-state index is -0.493. The lowest BCUT2D eigenvalue weighted by atomic mass is 10.2. The zero-order valence-corrected chi connectivity index (χ0v) is 14.2. The van der Waals surface area contributed by atoms with Crippen molar-refractivity contribution in [3.63, 3.8) is 0 Å². The number of nitrogens with zero attached hydrogens (tertiary/aromatic N) is 3. The van der Waals surface area contributed by atoms with Crippen LogP contribution < -0.4 is 10.5 Å². The first-order chi connectivity index (χ1) is 12.6. The topological polar surface area (TPSA) is 81.0 Å². The van der Waals surface area contributed by atoms with Crippen molar-refractivity contribution in [2.45, 2.75) is 6.54 Å². The smallest absolute Gasteiger partial charge is 0.325 e. The summed E-state index contributed by atoms with van der Waals surface area (Å²) in [5.41, 5.74) is 0.710. The second-order valence-electron chi connectivity index (χ2n) is 5.62. The molecule has 0 amide bonds. The van der Waals surface area contributed by atoms with Crippen molar-refractivity contribution in [3.05, 3.63) is 76.2 Å². The zero-order valence-electron chi connectivity index (χ0n) is 14.2. The van der Waals surface area contributed by atoms with Gasteiger partial charge in [-0.15, -0.1) is 0 Å². The number of hydrogen-bond donors (Lipinski definition) is 0. The number of esters is 1. The van der Waals surface area contributed by atoms with Gasteiger partial charge in [0.25, 0.3) is 5.56 Å². The highest BCUT2D eigenvalue weighted by Gasteiger charge is 2.21. The molecule has 0 aliphatic carbocycles. The van der Waals surface area contributed by atoms with Gasteiger partial charge < -0.3 is 9.64 Å². The van der Waals surface area contributed by atoms with Gasteiger partial charge in [-0.25, -0.2) is 4.98 Å². The third-order valence-corrected chi connectivity index (χ3v) is 3.93. The number of ether oxygens (including phenoxy) is 1. The largest absolute Gasteiger partial charge is 0.468 e. The van der Waals surface area contributed by atoms with Gasteiger partial charge in [-0.1, -0.05) is 36.4 Å². The van der Waals surface area contributed by atoms with E-state index in [1.165, 1.54) is 11.5 Å². The summed E-state index contributed by atoms with van der Waals surface area (Å²) in [6.07, 6.45) is 2.02. The molecule has 7 nitrogen and oxygen atoms in total. The number of anilines is 1. The van der Waals surface area contributed by atoms with Crippen LogP contribution in [0.15, 0.2) is 59.5 Å². The number of pyridine rings is 1. The van der Waals surface area contributed by atoms with Gasteiger partial charge >= 0.3 is 5.97 Å². The molecule has 0 bridgehead atoms. The Morgan fingerprint density at radius 1 is 1.19 bits per heavy atom. The van der Waals surface area contributed by atoms with Crippen LogP contribution in [0.25, 0.3) is 5.65 Å². The van der Waals surface area contributed by atoms with Gasteiger partial charge in [-0.2, -0.15) is 0 Å². The Labute approximate surface area is 149 Å². The number of carbonyl (C=O) groups excluding carboxylic acids is 2. The summed E-state index contributed by atoms with van der Waals surface area (Å²) >= 11 is 0. The summed E-state index contributed by atoms with van der Waals surface area (Å²) in [4.78, 5) is 42.1. The lowest BCUT2D eigenvalue weighted by Gasteiger charge is -2.24. The summed E-state index contributed by atoms with van der Waals surface area (Å²) < 4.78 is 6.05. The minimum Gasteiger partial charge on any atom is -0.468 e. The number of rotatable bonds is 6. The molecule has 0 aliphatic rings. The molecule has 3 rings (SSSR count). The molecule has 3 aromatic rings. The van der Waals surface area contributed by atoms with Crippen molar-refractivity contribution in [3.8, 4) is 0 Å².